The number of sulfonamides is 1. The predicted molar refractivity (Wildman–Crippen MR) is 68.4 cm³/mol. The molecule has 96 valence electrons. The minimum atomic E-state index is -3.04. The maximum atomic E-state index is 11.5. The number of hydrogen-bond donors (Lipinski definition) is 0. The van der Waals surface area contributed by atoms with E-state index in [1.54, 1.807) is 15.6 Å². The fourth-order valence-corrected chi connectivity index (χ4v) is 3.49. The average Bonchev–Trinajstić information content (AvgIpc) is 2.61. The molecular formula is C10H17N3O2S2. The molecule has 0 unspecified atom stereocenters. The maximum Gasteiger partial charge on any atom is 0.211 e. The first-order chi connectivity index (χ1) is 8.05. The average molecular weight is 275 g/mol. The van der Waals surface area contributed by atoms with Gasteiger partial charge in [0.25, 0.3) is 0 Å². The van der Waals surface area contributed by atoms with Gasteiger partial charge in [-0.2, -0.15) is 0 Å². The number of rotatable bonds is 3. The van der Waals surface area contributed by atoms with Gasteiger partial charge in [-0.05, 0) is 13.0 Å². The summed E-state index contributed by atoms with van der Waals surface area (Å²) in [5, 5.41) is 0. The van der Waals surface area contributed by atoms with Crippen LogP contribution >= 0.6 is 11.3 Å². The molecule has 2 rings (SSSR count). The highest BCUT2D eigenvalue weighted by molar-refractivity contribution is 7.88. The third-order valence-electron chi connectivity index (χ3n) is 2.88. The van der Waals surface area contributed by atoms with Crippen LogP contribution < -0.4 is 0 Å². The van der Waals surface area contributed by atoms with E-state index in [0.717, 1.165) is 26.1 Å². The molecule has 0 N–H and O–H groups in total. The Morgan fingerprint density at radius 3 is 2.82 bits per heavy atom. The molecule has 1 aromatic heterocycles. The van der Waals surface area contributed by atoms with Crippen molar-refractivity contribution in [3.63, 3.8) is 0 Å². The van der Waals surface area contributed by atoms with Gasteiger partial charge in [0.2, 0.25) is 10.0 Å². The molecule has 2 heterocycles. The van der Waals surface area contributed by atoms with E-state index < -0.39 is 10.0 Å². The van der Waals surface area contributed by atoms with Gasteiger partial charge in [-0.3, -0.25) is 9.88 Å². The van der Waals surface area contributed by atoms with Crippen molar-refractivity contribution in [3.8, 4) is 0 Å². The summed E-state index contributed by atoms with van der Waals surface area (Å²) in [5.41, 5.74) is 1.83. The Balaban J connectivity index is 1.92. The smallest absolute Gasteiger partial charge is 0.211 e. The summed E-state index contributed by atoms with van der Waals surface area (Å²) in [6, 6.07) is 0. The Hall–Kier alpha value is -0.500. The highest BCUT2D eigenvalue weighted by Crippen LogP contribution is 2.13. The first kappa shape index (κ1) is 12.9. The van der Waals surface area contributed by atoms with Crippen LogP contribution in [0.5, 0.6) is 0 Å². The molecule has 1 aromatic rings. The van der Waals surface area contributed by atoms with Crippen molar-refractivity contribution in [1.82, 2.24) is 14.2 Å². The van der Waals surface area contributed by atoms with Crippen molar-refractivity contribution in [3.05, 3.63) is 16.6 Å². The third kappa shape index (κ3) is 3.74. The van der Waals surface area contributed by atoms with Crippen LogP contribution in [-0.2, 0) is 16.6 Å². The predicted octanol–water partition coefficient (Wildman–Crippen LogP) is 0.610. The SMILES string of the molecule is CS(=O)(=O)N1CCCN(Cc2cncs2)CC1. The standard InChI is InChI=1S/C10H17N3O2S2/c1-17(14,15)13-4-2-3-12(5-6-13)8-10-7-11-9-16-10/h7,9H,2-6,8H2,1H3. The van der Waals surface area contributed by atoms with Crippen LogP contribution in [0.4, 0.5) is 0 Å². The van der Waals surface area contributed by atoms with Gasteiger partial charge in [-0.15, -0.1) is 11.3 Å². The molecule has 0 aromatic carbocycles. The molecule has 1 aliphatic rings. The Morgan fingerprint density at radius 2 is 2.18 bits per heavy atom. The number of nitrogens with zero attached hydrogens (tertiary/aromatic N) is 3. The Kier molecular flexibility index (Phi) is 4.13. The molecule has 0 atom stereocenters. The van der Waals surface area contributed by atoms with E-state index in [2.05, 4.69) is 9.88 Å². The van der Waals surface area contributed by atoms with Crippen LogP contribution in [0.15, 0.2) is 11.7 Å². The van der Waals surface area contributed by atoms with Gasteiger partial charge in [-0.1, -0.05) is 0 Å². The van der Waals surface area contributed by atoms with E-state index in [1.165, 1.54) is 11.1 Å². The molecule has 17 heavy (non-hydrogen) atoms. The molecule has 0 saturated carbocycles. The van der Waals surface area contributed by atoms with Crippen molar-refractivity contribution >= 4 is 21.4 Å². The zero-order valence-electron chi connectivity index (χ0n) is 9.87. The van der Waals surface area contributed by atoms with Crippen LogP contribution in [0.1, 0.15) is 11.3 Å². The fraction of sp³-hybridized carbons (Fsp3) is 0.700. The van der Waals surface area contributed by atoms with Crippen molar-refractivity contribution in [2.24, 2.45) is 0 Å². The minimum absolute atomic E-state index is 0.595. The number of thiazole rings is 1. The number of aromatic nitrogens is 1. The molecule has 7 heteroatoms. The second-order valence-electron chi connectivity index (χ2n) is 4.26. The summed E-state index contributed by atoms with van der Waals surface area (Å²) in [6.45, 7) is 3.85. The summed E-state index contributed by atoms with van der Waals surface area (Å²) in [7, 11) is -3.04. The summed E-state index contributed by atoms with van der Waals surface area (Å²) in [5.74, 6) is 0. The van der Waals surface area contributed by atoms with E-state index in [4.69, 9.17) is 0 Å². The van der Waals surface area contributed by atoms with Crippen LogP contribution in [0.3, 0.4) is 0 Å². The summed E-state index contributed by atoms with van der Waals surface area (Å²) >= 11 is 1.65. The largest absolute Gasteiger partial charge is 0.297 e. The second-order valence-corrected chi connectivity index (χ2v) is 7.21. The van der Waals surface area contributed by atoms with Crippen molar-refractivity contribution in [2.75, 3.05) is 32.4 Å². The van der Waals surface area contributed by atoms with Gasteiger partial charge >= 0.3 is 0 Å². The van der Waals surface area contributed by atoms with E-state index in [9.17, 15) is 8.42 Å². The van der Waals surface area contributed by atoms with E-state index in [1.807, 2.05) is 11.7 Å². The van der Waals surface area contributed by atoms with Gasteiger partial charge < -0.3 is 0 Å². The molecule has 0 aliphatic carbocycles. The first-order valence-corrected chi connectivity index (χ1v) is 8.33. The lowest BCUT2D eigenvalue weighted by Crippen LogP contribution is -2.34. The third-order valence-corrected chi connectivity index (χ3v) is 4.95. The van der Waals surface area contributed by atoms with Gasteiger partial charge in [-0.25, -0.2) is 12.7 Å². The van der Waals surface area contributed by atoms with E-state index >= 15 is 0 Å². The Bertz CT molecular complexity index is 444. The van der Waals surface area contributed by atoms with Crippen LogP contribution in [0.2, 0.25) is 0 Å². The maximum absolute atomic E-state index is 11.5. The molecule has 1 saturated heterocycles. The lowest BCUT2D eigenvalue weighted by molar-refractivity contribution is 0.281. The van der Waals surface area contributed by atoms with Crippen molar-refractivity contribution in [2.45, 2.75) is 13.0 Å². The Labute approximate surface area is 106 Å². The number of hydrogen-bond acceptors (Lipinski definition) is 5. The normalized spacial score (nSPS) is 20.3. The molecule has 1 aliphatic heterocycles. The highest BCUT2D eigenvalue weighted by Gasteiger charge is 2.21. The molecule has 0 bridgehead atoms. The van der Waals surface area contributed by atoms with Crippen molar-refractivity contribution < 1.29 is 8.42 Å². The fourth-order valence-electron chi connectivity index (χ4n) is 1.98. The van der Waals surface area contributed by atoms with Gasteiger partial charge in [0.15, 0.2) is 0 Å². The van der Waals surface area contributed by atoms with Crippen molar-refractivity contribution in [1.29, 1.82) is 0 Å². The van der Waals surface area contributed by atoms with Gasteiger partial charge in [0.1, 0.15) is 0 Å². The van der Waals surface area contributed by atoms with Crippen LogP contribution in [0.25, 0.3) is 0 Å². The van der Waals surface area contributed by atoms with Gasteiger partial charge in [0.05, 0.1) is 11.8 Å². The highest BCUT2D eigenvalue weighted by atomic mass is 32.2. The summed E-state index contributed by atoms with van der Waals surface area (Å²) in [4.78, 5) is 7.58. The zero-order valence-corrected chi connectivity index (χ0v) is 11.5. The van der Waals surface area contributed by atoms with E-state index in [0.29, 0.717) is 13.1 Å². The van der Waals surface area contributed by atoms with Gasteiger partial charge in [0, 0.05) is 37.3 Å². The summed E-state index contributed by atoms with van der Waals surface area (Å²) < 4.78 is 24.5. The van der Waals surface area contributed by atoms with E-state index in [-0.39, 0.29) is 0 Å². The monoisotopic (exact) mass is 275 g/mol. The minimum Gasteiger partial charge on any atom is -0.297 e. The molecule has 0 spiro atoms. The molecule has 5 nitrogen and oxygen atoms in total. The molecule has 1 fully saturated rings. The Morgan fingerprint density at radius 1 is 1.35 bits per heavy atom. The molecule has 0 radical (unpaired) electrons. The lowest BCUT2D eigenvalue weighted by atomic mass is 10.4. The lowest BCUT2D eigenvalue weighted by Gasteiger charge is -2.19. The quantitative estimate of drug-likeness (QED) is 0.811. The zero-order chi connectivity index (χ0) is 12.3. The topological polar surface area (TPSA) is 53.5 Å². The molecule has 0 amide bonds. The second kappa shape index (κ2) is 5.43. The van der Waals surface area contributed by atoms with Crippen LogP contribution in [0, 0.1) is 0 Å². The molecular weight excluding hydrogens is 258 g/mol. The van der Waals surface area contributed by atoms with Crippen LogP contribution in [-0.4, -0.2) is 55.0 Å². The first-order valence-electron chi connectivity index (χ1n) is 5.60. The summed E-state index contributed by atoms with van der Waals surface area (Å²) in [6.07, 6.45) is 4.06.